The van der Waals surface area contributed by atoms with Crippen molar-refractivity contribution >= 4 is 40.7 Å². The summed E-state index contributed by atoms with van der Waals surface area (Å²) >= 11 is 17.7. The SMILES string of the molecule is CCOc1ccccc1OC(NC(=O)c1cccc(C(F)(F)F)c1)C(Cl)(Cl)Cl. The molecule has 0 spiro atoms. The highest BCUT2D eigenvalue weighted by molar-refractivity contribution is 6.68. The fraction of sp³-hybridized carbons (Fsp3) is 0.278. The molecule has 0 heterocycles. The van der Waals surface area contributed by atoms with Gasteiger partial charge in [-0.05, 0) is 37.3 Å². The van der Waals surface area contributed by atoms with Gasteiger partial charge in [-0.25, -0.2) is 0 Å². The Labute approximate surface area is 174 Å². The number of alkyl halides is 6. The van der Waals surface area contributed by atoms with Crippen LogP contribution in [0.1, 0.15) is 22.8 Å². The number of benzene rings is 2. The van der Waals surface area contributed by atoms with Gasteiger partial charge in [0.2, 0.25) is 10.0 Å². The molecule has 10 heteroatoms. The van der Waals surface area contributed by atoms with Crippen molar-refractivity contribution in [1.82, 2.24) is 5.32 Å². The molecule has 1 unspecified atom stereocenters. The molecule has 0 radical (unpaired) electrons. The average Bonchev–Trinajstić information content (AvgIpc) is 2.61. The van der Waals surface area contributed by atoms with Gasteiger partial charge >= 0.3 is 6.18 Å². The van der Waals surface area contributed by atoms with Gasteiger partial charge in [-0.2, -0.15) is 13.2 Å². The number of halogens is 6. The molecule has 152 valence electrons. The van der Waals surface area contributed by atoms with E-state index in [0.29, 0.717) is 18.4 Å². The monoisotopic (exact) mass is 455 g/mol. The van der Waals surface area contributed by atoms with E-state index >= 15 is 0 Å². The number of rotatable bonds is 6. The topological polar surface area (TPSA) is 47.6 Å². The molecule has 4 nitrogen and oxygen atoms in total. The van der Waals surface area contributed by atoms with Gasteiger partial charge in [0.05, 0.1) is 12.2 Å². The molecule has 1 amide bonds. The predicted molar refractivity (Wildman–Crippen MR) is 101 cm³/mol. The zero-order valence-corrected chi connectivity index (χ0v) is 16.7. The zero-order valence-electron chi connectivity index (χ0n) is 14.4. The van der Waals surface area contributed by atoms with E-state index in [2.05, 4.69) is 5.32 Å². The Kier molecular flexibility index (Phi) is 7.31. The highest BCUT2D eigenvalue weighted by atomic mass is 35.6. The molecule has 0 aliphatic heterocycles. The maximum Gasteiger partial charge on any atom is 0.416 e. The number of carbonyl (C=O) groups excluding carboxylic acids is 1. The Morgan fingerprint density at radius 2 is 1.71 bits per heavy atom. The summed E-state index contributed by atoms with van der Waals surface area (Å²) < 4.78 is 47.4. The van der Waals surface area contributed by atoms with Crippen LogP contribution in [0.2, 0.25) is 0 Å². The molecule has 0 saturated carbocycles. The summed E-state index contributed by atoms with van der Waals surface area (Å²) in [5.41, 5.74) is -1.25. The van der Waals surface area contributed by atoms with Crippen molar-refractivity contribution in [3.05, 3.63) is 59.7 Å². The highest BCUT2D eigenvalue weighted by Crippen LogP contribution is 2.35. The van der Waals surface area contributed by atoms with Crippen molar-refractivity contribution in [2.75, 3.05) is 6.61 Å². The van der Waals surface area contributed by atoms with Crippen LogP contribution >= 0.6 is 34.8 Å². The molecule has 1 atom stereocenters. The van der Waals surface area contributed by atoms with E-state index in [1.165, 1.54) is 12.1 Å². The van der Waals surface area contributed by atoms with Crippen molar-refractivity contribution in [2.45, 2.75) is 23.1 Å². The second kappa shape index (κ2) is 9.11. The van der Waals surface area contributed by atoms with Gasteiger partial charge in [-0.1, -0.05) is 53.0 Å². The number of para-hydroxylation sites is 2. The molecule has 0 saturated heterocycles. The predicted octanol–water partition coefficient (Wildman–Crippen LogP) is 5.61. The molecule has 0 aliphatic carbocycles. The average molecular weight is 457 g/mol. The summed E-state index contributed by atoms with van der Waals surface area (Å²) in [5.74, 6) is -0.376. The molecule has 0 bridgehead atoms. The smallest absolute Gasteiger partial charge is 0.416 e. The minimum atomic E-state index is -4.60. The van der Waals surface area contributed by atoms with Crippen molar-refractivity contribution in [3.8, 4) is 11.5 Å². The van der Waals surface area contributed by atoms with Gasteiger partial charge in [0.15, 0.2) is 11.5 Å². The van der Waals surface area contributed by atoms with Crippen molar-refractivity contribution in [1.29, 1.82) is 0 Å². The third kappa shape index (κ3) is 6.09. The largest absolute Gasteiger partial charge is 0.490 e. The van der Waals surface area contributed by atoms with Crippen LogP contribution in [-0.2, 0) is 6.18 Å². The standard InChI is InChI=1S/C18H15Cl3F3NO3/c1-2-27-13-8-3-4-9-14(13)28-16(17(19,20)21)25-15(26)11-6-5-7-12(10-11)18(22,23)24/h3-10,16H,2H2,1H3,(H,25,26). The van der Waals surface area contributed by atoms with Crippen molar-refractivity contribution in [3.63, 3.8) is 0 Å². The van der Waals surface area contributed by atoms with E-state index in [0.717, 1.165) is 12.1 Å². The Balaban J connectivity index is 2.25. The Morgan fingerprint density at radius 3 is 2.29 bits per heavy atom. The second-order valence-corrected chi connectivity index (χ2v) is 7.84. The summed E-state index contributed by atoms with van der Waals surface area (Å²) in [7, 11) is 0. The molecular formula is C18H15Cl3F3NO3. The Morgan fingerprint density at radius 1 is 1.07 bits per heavy atom. The van der Waals surface area contributed by atoms with Crippen LogP contribution in [0, 0.1) is 0 Å². The van der Waals surface area contributed by atoms with Gasteiger partial charge in [-0.3, -0.25) is 4.79 Å². The second-order valence-electron chi connectivity index (χ2n) is 5.47. The van der Waals surface area contributed by atoms with Crippen LogP contribution in [0.5, 0.6) is 11.5 Å². The van der Waals surface area contributed by atoms with E-state index in [4.69, 9.17) is 44.3 Å². The van der Waals surface area contributed by atoms with Crippen LogP contribution < -0.4 is 14.8 Å². The van der Waals surface area contributed by atoms with Crippen molar-refractivity contribution in [2.24, 2.45) is 0 Å². The molecule has 0 aromatic heterocycles. The zero-order chi connectivity index (χ0) is 20.9. The summed E-state index contributed by atoms with van der Waals surface area (Å²) in [6, 6.07) is 10.3. The summed E-state index contributed by atoms with van der Waals surface area (Å²) in [4.78, 5) is 12.4. The van der Waals surface area contributed by atoms with E-state index in [-0.39, 0.29) is 11.3 Å². The Bertz CT molecular complexity index is 825. The fourth-order valence-corrected chi connectivity index (χ4v) is 2.46. The van der Waals surface area contributed by atoms with Crippen LogP contribution in [-0.4, -0.2) is 22.5 Å². The maximum atomic E-state index is 12.9. The molecule has 1 N–H and O–H groups in total. The first-order valence-electron chi connectivity index (χ1n) is 7.95. The first-order chi connectivity index (χ1) is 13.0. The third-order valence-corrected chi connectivity index (χ3v) is 4.00. The first kappa shape index (κ1) is 22.5. The molecular weight excluding hydrogens is 442 g/mol. The molecule has 2 rings (SSSR count). The number of ether oxygens (including phenoxy) is 2. The van der Waals surface area contributed by atoms with Gasteiger partial charge in [0.25, 0.3) is 5.91 Å². The van der Waals surface area contributed by atoms with E-state index < -0.39 is 27.7 Å². The first-order valence-corrected chi connectivity index (χ1v) is 9.09. The van der Waals surface area contributed by atoms with Crippen molar-refractivity contribution < 1.29 is 27.4 Å². The van der Waals surface area contributed by atoms with Crippen LogP contribution in [0.15, 0.2) is 48.5 Å². The number of carbonyl (C=O) groups is 1. The van der Waals surface area contributed by atoms with Crippen LogP contribution in [0.3, 0.4) is 0 Å². The molecule has 2 aromatic rings. The van der Waals surface area contributed by atoms with Gasteiger partial charge in [-0.15, -0.1) is 0 Å². The molecule has 2 aromatic carbocycles. The number of nitrogens with one attached hydrogen (secondary N) is 1. The summed E-state index contributed by atoms with van der Waals surface area (Å²) in [6.45, 7) is 2.11. The number of hydrogen-bond acceptors (Lipinski definition) is 3. The number of hydrogen-bond donors (Lipinski definition) is 1. The number of amides is 1. The van der Waals surface area contributed by atoms with Crippen LogP contribution in [0.4, 0.5) is 13.2 Å². The quantitative estimate of drug-likeness (QED) is 0.454. The Hall–Kier alpha value is -1.83. The molecule has 0 aliphatic rings. The highest BCUT2D eigenvalue weighted by Gasteiger charge is 2.37. The third-order valence-electron chi connectivity index (χ3n) is 3.41. The molecule has 28 heavy (non-hydrogen) atoms. The lowest BCUT2D eigenvalue weighted by molar-refractivity contribution is -0.137. The summed E-state index contributed by atoms with van der Waals surface area (Å²) in [6.07, 6.45) is -6.10. The lowest BCUT2D eigenvalue weighted by atomic mass is 10.1. The van der Waals surface area contributed by atoms with E-state index in [1.807, 2.05) is 0 Å². The normalized spacial score (nSPS) is 13.0. The van der Waals surface area contributed by atoms with Crippen LogP contribution in [0.25, 0.3) is 0 Å². The lowest BCUT2D eigenvalue weighted by Gasteiger charge is -2.27. The van der Waals surface area contributed by atoms with Gasteiger partial charge < -0.3 is 14.8 Å². The minimum Gasteiger partial charge on any atom is -0.490 e. The van der Waals surface area contributed by atoms with Gasteiger partial charge in [0, 0.05) is 5.56 Å². The van der Waals surface area contributed by atoms with E-state index in [1.54, 1.807) is 25.1 Å². The minimum absolute atomic E-state index is 0.185. The summed E-state index contributed by atoms with van der Waals surface area (Å²) in [5, 5.41) is 2.29. The lowest BCUT2D eigenvalue weighted by Crippen LogP contribution is -2.47. The molecule has 0 fully saturated rings. The maximum absolute atomic E-state index is 12.9. The van der Waals surface area contributed by atoms with E-state index in [9.17, 15) is 18.0 Å². The fourth-order valence-electron chi connectivity index (χ4n) is 2.17. The van der Waals surface area contributed by atoms with Gasteiger partial charge in [0.1, 0.15) is 0 Å².